The van der Waals surface area contributed by atoms with Crippen LogP contribution in [0.25, 0.3) is 0 Å². The van der Waals surface area contributed by atoms with E-state index in [1.54, 1.807) is 12.1 Å². The third-order valence-electron chi connectivity index (χ3n) is 2.54. The fourth-order valence-corrected chi connectivity index (χ4v) is 2.55. The highest BCUT2D eigenvalue weighted by atomic mass is 79.9. The molecule has 0 aliphatic carbocycles. The van der Waals surface area contributed by atoms with E-state index >= 15 is 0 Å². The second kappa shape index (κ2) is 5.65. The first kappa shape index (κ1) is 12.6. The normalized spacial score (nSPS) is 12.4. The van der Waals surface area contributed by atoms with Crippen LogP contribution in [0.2, 0.25) is 5.02 Å². The molecule has 2 aromatic rings. The zero-order chi connectivity index (χ0) is 12.3. The predicted octanol–water partition coefficient (Wildman–Crippen LogP) is 5.16. The number of rotatable bonds is 3. The molecule has 0 nitrogen and oxygen atoms in total. The lowest BCUT2D eigenvalue weighted by Crippen LogP contribution is -1.95. The Morgan fingerprint density at radius 1 is 1.12 bits per heavy atom. The quantitative estimate of drug-likeness (QED) is 0.687. The molecule has 2 rings (SSSR count). The van der Waals surface area contributed by atoms with Crippen molar-refractivity contribution in [3.05, 3.63) is 70.5 Å². The van der Waals surface area contributed by atoms with Crippen LogP contribution in [0, 0.1) is 5.82 Å². The van der Waals surface area contributed by atoms with Crippen LogP contribution in [0.15, 0.2) is 48.5 Å². The molecule has 0 radical (unpaired) electrons. The van der Waals surface area contributed by atoms with Gasteiger partial charge in [0.05, 0.1) is 0 Å². The summed E-state index contributed by atoms with van der Waals surface area (Å²) in [5, 5.41) is 0.737. The van der Waals surface area contributed by atoms with Crippen molar-refractivity contribution in [1.29, 1.82) is 0 Å². The van der Waals surface area contributed by atoms with Gasteiger partial charge in [0.2, 0.25) is 0 Å². The van der Waals surface area contributed by atoms with Crippen LogP contribution in [0.5, 0.6) is 0 Å². The molecule has 17 heavy (non-hydrogen) atoms. The summed E-state index contributed by atoms with van der Waals surface area (Å²) in [6.07, 6.45) is 0.826. The minimum absolute atomic E-state index is 0.168. The summed E-state index contributed by atoms with van der Waals surface area (Å²) in [6, 6.07) is 14.3. The van der Waals surface area contributed by atoms with Gasteiger partial charge in [-0.25, -0.2) is 4.39 Å². The molecule has 0 spiro atoms. The summed E-state index contributed by atoms with van der Waals surface area (Å²) in [5.74, 6) is -0.212. The van der Waals surface area contributed by atoms with Gasteiger partial charge in [-0.1, -0.05) is 51.8 Å². The van der Waals surface area contributed by atoms with Crippen LogP contribution < -0.4 is 0 Å². The van der Waals surface area contributed by atoms with Gasteiger partial charge in [0.25, 0.3) is 0 Å². The molecule has 1 unspecified atom stereocenters. The van der Waals surface area contributed by atoms with E-state index in [0.29, 0.717) is 0 Å². The molecule has 0 saturated heterocycles. The molecule has 2 aromatic carbocycles. The van der Waals surface area contributed by atoms with Crippen molar-refractivity contribution in [2.24, 2.45) is 0 Å². The Kier molecular flexibility index (Phi) is 4.19. The SMILES string of the molecule is Fc1ccc(C(Br)Cc2cccc(Cl)c2)cc1. The molecule has 0 fully saturated rings. The van der Waals surface area contributed by atoms with E-state index in [2.05, 4.69) is 15.9 Å². The molecule has 0 bridgehead atoms. The standard InChI is InChI=1S/C14H11BrClF/c15-14(11-4-6-13(17)7-5-11)9-10-2-1-3-12(16)8-10/h1-8,14H,9H2. The molecular weight excluding hydrogens is 303 g/mol. The second-order valence-electron chi connectivity index (χ2n) is 3.85. The fourth-order valence-electron chi connectivity index (χ4n) is 1.66. The van der Waals surface area contributed by atoms with E-state index in [4.69, 9.17) is 11.6 Å². The lowest BCUT2D eigenvalue weighted by Gasteiger charge is -2.10. The van der Waals surface area contributed by atoms with Gasteiger partial charge in [0, 0.05) is 9.85 Å². The maximum atomic E-state index is 12.8. The Bertz CT molecular complexity index is 496. The Balaban J connectivity index is 2.11. The minimum Gasteiger partial charge on any atom is -0.207 e. The maximum absolute atomic E-state index is 12.8. The lowest BCUT2D eigenvalue weighted by molar-refractivity contribution is 0.627. The van der Waals surface area contributed by atoms with Gasteiger partial charge in [-0.3, -0.25) is 0 Å². The zero-order valence-corrected chi connectivity index (χ0v) is 11.4. The molecule has 1 atom stereocenters. The summed E-state index contributed by atoms with van der Waals surface area (Å²) in [6.45, 7) is 0. The predicted molar refractivity (Wildman–Crippen MR) is 73.2 cm³/mol. The smallest absolute Gasteiger partial charge is 0.123 e. The monoisotopic (exact) mass is 312 g/mol. The first-order chi connectivity index (χ1) is 8.15. The van der Waals surface area contributed by atoms with E-state index in [1.807, 2.05) is 24.3 Å². The molecule has 88 valence electrons. The minimum atomic E-state index is -0.212. The summed E-state index contributed by atoms with van der Waals surface area (Å²) in [5.41, 5.74) is 2.22. The Morgan fingerprint density at radius 3 is 2.47 bits per heavy atom. The molecule has 0 saturated carbocycles. The summed E-state index contributed by atoms with van der Waals surface area (Å²) in [4.78, 5) is 0.168. The van der Waals surface area contributed by atoms with Crippen LogP contribution in [-0.2, 0) is 6.42 Å². The van der Waals surface area contributed by atoms with Crippen molar-refractivity contribution in [3.63, 3.8) is 0 Å². The Hall–Kier alpha value is -0.860. The highest BCUT2D eigenvalue weighted by molar-refractivity contribution is 9.09. The van der Waals surface area contributed by atoms with Crippen LogP contribution in [-0.4, -0.2) is 0 Å². The van der Waals surface area contributed by atoms with Crippen LogP contribution in [0.1, 0.15) is 16.0 Å². The van der Waals surface area contributed by atoms with E-state index in [1.165, 1.54) is 12.1 Å². The van der Waals surface area contributed by atoms with Gasteiger partial charge in [-0.15, -0.1) is 0 Å². The molecule has 0 aromatic heterocycles. The number of alkyl halides is 1. The maximum Gasteiger partial charge on any atom is 0.123 e. The third-order valence-corrected chi connectivity index (χ3v) is 3.62. The van der Waals surface area contributed by atoms with Crippen molar-refractivity contribution >= 4 is 27.5 Å². The van der Waals surface area contributed by atoms with Gasteiger partial charge in [0.15, 0.2) is 0 Å². The molecule has 0 N–H and O–H groups in total. The van der Waals surface area contributed by atoms with Gasteiger partial charge in [0.1, 0.15) is 5.82 Å². The van der Waals surface area contributed by atoms with Crippen LogP contribution >= 0.6 is 27.5 Å². The van der Waals surface area contributed by atoms with Gasteiger partial charge >= 0.3 is 0 Å². The average Bonchev–Trinajstić information content (AvgIpc) is 2.29. The van der Waals surface area contributed by atoms with E-state index in [0.717, 1.165) is 22.6 Å². The van der Waals surface area contributed by atoms with E-state index in [-0.39, 0.29) is 10.6 Å². The highest BCUT2D eigenvalue weighted by Crippen LogP contribution is 2.27. The average molecular weight is 314 g/mol. The van der Waals surface area contributed by atoms with Crippen molar-refractivity contribution in [2.45, 2.75) is 11.2 Å². The first-order valence-corrected chi connectivity index (χ1v) is 6.58. The third kappa shape index (κ3) is 3.55. The van der Waals surface area contributed by atoms with Crippen molar-refractivity contribution < 1.29 is 4.39 Å². The van der Waals surface area contributed by atoms with E-state index < -0.39 is 0 Å². The molecule has 3 heteroatoms. The topological polar surface area (TPSA) is 0 Å². The molecule has 0 aliphatic heterocycles. The van der Waals surface area contributed by atoms with Gasteiger partial charge in [-0.2, -0.15) is 0 Å². The Morgan fingerprint density at radius 2 is 1.82 bits per heavy atom. The lowest BCUT2D eigenvalue weighted by atomic mass is 10.0. The van der Waals surface area contributed by atoms with Gasteiger partial charge in [-0.05, 0) is 41.8 Å². The summed E-state index contributed by atoms with van der Waals surface area (Å²) in [7, 11) is 0. The second-order valence-corrected chi connectivity index (χ2v) is 5.39. The van der Waals surface area contributed by atoms with Crippen molar-refractivity contribution in [1.82, 2.24) is 0 Å². The first-order valence-electron chi connectivity index (χ1n) is 5.29. The van der Waals surface area contributed by atoms with E-state index in [9.17, 15) is 4.39 Å². The summed E-state index contributed by atoms with van der Waals surface area (Å²) >= 11 is 9.54. The summed E-state index contributed by atoms with van der Waals surface area (Å²) < 4.78 is 12.8. The van der Waals surface area contributed by atoms with Crippen LogP contribution in [0.4, 0.5) is 4.39 Å². The number of halogens is 3. The molecule has 0 heterocycles. The number of benzene rings is 2. The largest absolute Gasteiger partial charge is 0.207 e. The number of hydrogen-bond acceptors (Lipinski definition) is 0. The molecule has 0 amide bonds. The fraction of sp³-hybridized carbons (Fsp3) is 0.143. The van der Waals surface area contributed by atoms with Crippen molar-refractivity contribution in [2.75, 3.05) is 0 Å². The highest BCUT2D eigenvalue weighted by Gasteiger charge is 2.08. The number of hydrogen-bond donors (Lipinski definition) is 0. The van der Waals surface area contributed by atoms with Crippen LogP contribution in [0.3, 0.4) is 0 Å². The Labute approximate surface area is 114 Å². The van der Waals surface area contributed by atoms with Gasteiger partial charge < -0.3 is 0 Å². The van der Waals surface area contributed by atoms with Crippen molar-refractivity contribution in [3.8, 4) is 0 Å². The molecular formula is C14H11BrClF. The molecule has 0 aliphatic rings. The zero-order valence-electron chi connectivity index (χ0n) is 9.04.